The van der Waals surface area contributed by atoms with Crippen LogP contribution in [0.15, 0.2) is 35.2 Å². The number of hydrogen-bond donors (Lipinski definition) is 2. The molecule has 0 aromatic heterocycles. The van der Waals surface area contributed by atoms with Crippen LogP contribution >= 0.6 is 11.6 Å². The van der Waals surface area contributed by atoms with Gasteiger partial charge < -0.3 is 14.7 Å². The number of anilines is 2. The van der Waals surface area contributed by atoms with Crippen molar-refractivity contribution < 1.29 is 23.1 Å². The van der Waals surface area contributed by atoms with E-state index in [2.05, 4.69) is 4.72 Å². The van der Waals surface area contributed by atoms with E-state index in [0.717, 1.165) is 0 Å². The molecule has 0 saturated carbocycles. The van der Waals surface area contributed by atoms with Gasteiger partial charge in [0.15, 0.2) is 0 Å². The lowest BCUT2D eigenvalue weighted by Crippen LogP contribution is -2.37. The van der Waals surface area contributed by atoms with Crippen molar-refractivity contribution in [1.29, 1.82) is 0 Å². The molecule has 2 aromatic rings. The highest BCUT2D eigenvalue weighted by atomic mass is 35.5. The molecular weight excluding hydrogens is 404 g/mol. The number of halogens is 1. The second-order valence-corrected chi connectivity index (χ2v) is 8.62. The molecule has 7 nitrogen and oxygen atoms in total. The molecule has 150 valence electrons. The van der Waals surface area contributed by atoms with Crippen molar-refractivity contribution in [2.45, 2.75) is 18.7 Å². The smallest absolute Gasteiger partial charge is 0.335 e. The molecule has 0 bridgehead atoms. The summed E-state index contributed by atoms with van der Waals surface area (Å²) in [5, 5.41) is 9.70. The van der Waals surface area contributed by atoms with E-state index in [1.165, 1.54) is 12.1 Å². The highest BCUT2D eigenvalue weighted by Crippen LogP contribution is 2.36. The van der Waals surface area contributed by atoms with Crippen molar-refractivity contribution in [1.82, 2.24) is 0 Å². The molecule has 0 amide bonds. The fourth-order valence-electron chi connectivity index (χ4n) is 3.14. The fourth-order valence-corrected chi connectivity index (χ4v) is 4.84. The van der Waals surface area contributed by atoms with Crippen LogP contribution in [0.5, 0.6) is 0 Å². The summed E-state index contributed by atoms with van der Waals surface area (Å²) >= 11 is 6.37. The van der Waals surface area contributed by atoms with Crippen LogP contribution in [0.3, 0.4) is 0 Å². The van der Waals surface area contributed by atoms with Gasteiger partial charge in [-0.2, -0.15) is 0 Å². The Bertz CT molecular complexity index is 1020. The van der Waals surface area contributed by atoms with Crippen LogP contribution in [-0.4, -0.2) is 45.8 Å². The van der Waals surface area contributed by atoms with E-state index in [0.29, 0.717) is 53.8 Å². The van der Waals surface area contributed by atoms with Gasteiger partial charge in [0.05, 0.1) is 40.1 Å². The second-order valence-electron chi connectivity index (χ2n) is 6.56. The van der Waals surface area contributed by atoms with Gasteiger partial charge in [0.25, 0.3) is 10.0 Å². The van der Waals surface area contributed by atoms with Crippen LogP contribution in [0.25, 0.3) is 0 Å². The number of sulfonamides is 1. The minimum Gasteiger partial charge on any atom is -0.478 e. The first-order valence-corrected chi connectivity index (χ1v) is 10.6. The van der Waals surface area contributed by atoms with Gasteiger partial charge in [-0.25, -0.2) is 13.2 Å². The quantitative estimate of drug-likeness (QED) is 0.764. The third-order valence-corrected chi connectivity index (χ3v) is 6.51. The second kappa shape index (κ2) is 7.98. The van der Waals surface area contributed by atoms with Gasteiger partial charge in [-0.15, -0.1) is 0 Å². The Hall–Kier alpha value is -2.29. The monoisotopic (exact) mass is 424 g/mol. The number of aryl methyl sites for hydroxylation is 1. The Morgan fingerprint density at radius 2 is 1.89 bits per heavy atom. The van der Waals surface area contributed by atoms with E-state index in [4.69, 9.17) is 16.3 Å². The maximum Gasteiger partial charge on any atom is 0.335 e. The van der Waals surface area contributed by atoms with Crippen LogP contribution in [0, 0.1) is 13.8 Å². The van der Waals surface area contributed by atoms with Crippen molar-refractivity contribution in [3.8, 4) is 0 Å². The number of para-hydroxylation sites is 1. The Kier molecular flexibility index (Phi) is 5.83. The Labute approximate surface area is 168 Å². The summed E-state index contributed by atoms with van der Waals surface area (Å²) in [5.74, 6) is -1.18. The summed E-state index contributed by atoms with van der Waals surface area (Å²) in [5.41, 5.74) is 1.92. The number of rotatable bonds is 5. The third kappa shape index (κ3) is 4.09. The standard InChI is InChI=1S/C19H21ClN2O5S/c1-12-10-14(19(23)24)11-17(13(12)2)28(25,26)21-16-5-3-4-15(20)18(16)22-6-8-27-9-7-22/h3-5,10-11,21H,6-9H2,1-2H3,(H,23,24). The molecule has 0 unspecified atom stereocenters. The summed E-state index contributed by atoms with van der Waals surface area (Å²) < 4.78 is 34.2. The molecule has 0 radical (unpaired) electrons. The molecule has 1 saturated heterocycles. The van der Waals surface area contributed by atoms with Gasteiger partial charge in [0.1, 0.15) is 0 Å². The average Bonchev–Trinajstić information content (AvgIpc) is 2.64. The molecule has 2 aromatic carbocycles. The molecule has 1 aliphatic heterocycles. The number of aromatic carboxylic acids is 1. The maximum absolute atomic E-state index is 13.1. The lowest BCUT2D eigenvalue weighted by atomic mass is 10.1. The predicted molar refractivity (Wildman–Crippen MR) is 108 cm³/mol. The third-order valence-electron chi connectivity index (χ3n) is 4.71. The SMILES string of the molecule is Cc1cc(C(=O)O)cc(S(=O)(=O)Nc2cccc(Cl)c2N2CCOCC2)c1C. The zero-order valence-electron chi connectivity index (χ0n) is 15.5. The Balaban J connectivity index is 2.05. The number of hydrogen-bond acceptors (Lipinski definition) is 5. The Morgan fingerprint density at radius 3 is 2.54 bits per heavy atom. The molecule has 1 aliphatic rings. The first kappa shape index (κ1) is 20.4. The number of carbonyl (C=O) groups is 1. The van der Waals surface area contributed by atoms with E-state index in [-0.39, 0.29) is 10.5 Å². The number of nitrogens with zero attached hydrogens (tertiary/aromatic N) is 1. The molecule has 28 heavy (non-hydrogen) atoms. The lowest BCUT2D eigenvalue weighted by molar-refractivity contribution is 0.0696. The zero-order valence-corrected chi connectivity index (χ0v) is 17.1. The summed E-state index contributed by atoms with van der Waals surface area (Å²) in [6, 6.07) is 7.62. The first-order chi connectivity index (χ1) is 13.2. The van der Waals surface area contributed by atoms with Gasteiger partial charge in [-0.1, -0.05) is 17.7 Å². The van der Waals surface area contributed by atoms with Gasteiger partial charge >= 0.3 is 5.97 Å². The molecule has 0 spiro atoms. The van der Waals surface area contributed by atoms with E-state index in [9.17, 15) is 18.3 Å². The summed E-state index contributed by atoms with van der Waals surface area (Å²) in [4.78, 5) is 13.3. The first-order valence-electron chi connectivity index (χ1n) is 8.69. The summed E-state index contributed by atoms with van der Waals surface area (Å²) in [7, 11) is -4.03. The summed E-state index contributed by atoms with van der Waals surface area (Å²) in [6.45, 7) is 5.55. The fraction of sp³-hybridized carbons (Fsp3) is 0.316. The van der Waals surface area contributed by atoms with Crippen LogP contribution in [0.1, 0.15) is 21.5 Å². The van der Waals surface area contributed by atoms with Crippen LogP contribution in [0.2, 0.25) is 5.02 Å². The predicted octanol–water partition coefficient (Wildman–Crippen LogP) is 3.29. The van der Waals surface area contributed by atoms with E-state index in [1.807, 2.05) is 4.90 Å². The van der Waals surface area contributed by atoms with Crippen molar-refractivity contribution >= 4 is 39.0 Å². The minimum absolute atomic E-state index is 0.0715. The summed E-state index contributed by atoms with van der Waals surface area (Å²) in [6.07, 6.45) is 0. The van der Waals surface area contributed by atoms with Gasteiger partial charge in [-0.3, -0.25) is 4.72 Å². The van der Waals surface area contributed by atoms with Gasteiger partial charge in [0, 0.05) is 13.1 Å². The van der Waals surface area contributed by atoms with Crippen molar-refractivity contribution in [2.24, 2.45) is 0 Å². The molecular formula is C19H21ClN2O5S. The molecule has 1 fully saturated rings. The van der Waals surface area contributed by atoms with Crippen LogP contribution in [-0.2, 0) is 14.8 Å². The van der Waals surface area contributed by atoms with Gasteiger partial charge in [-0.05, 0) is 49.2 Å². The largest absolute Gasteiger partial charge is 0.478 e. The topological polar surface area (TPSA) is 95.9 Å². The molecule has 0 aliphatic carbocycles. The van der Waals surface area contributed by atoms with Crippen LogP contribution < -0.4 is 9.62 Å². The number of benzene rings is 2. The maximum atomic E-state index is 13.1. The number of carboxylic acids is 1. The van der Waals surface area contributed by atoms with Crippen LogP contribution in [0.4, 0.5) is 11.4 Å². The highest BCUT2D eigenvalue weighted by Gasteiger charge is 2.24. The Morgan fingerprint density at radius 1 is 1.21 bits per heavy atom. The van der Waals surface area contributed by atoms with Crippen molar-refractivity contribution in [3.05, 3.63) is 52.0 Å². The lowest BCUT2D eigenvalue weighted by Gasteiger charge is -2.31. The number of morpholine rings is 1. The number of nitrogens with one attached hydrogen (secondary N) is 1. The molecule has 0 atom stereocenters. The van der Waals surface area contributed by atoms with Crippen molar-refractivity contribution in [2.75, 3.05) is 35.9 Å². The zero-order chi connectivity index (χ0) is 20.5. The van der Waals surface area contributed by atoms with E-state index >= 15 is 0 Å². The van der Waals surface area contributed by atoms with E-state index in [1.54, 1.807) is 32.0 Å². The number of carboxylic acid groups (broad SMARTS) is 1. The normalized spacial score (nSPS) is 14.8. The minimum atomic E-state index is -4.03. The molecule has 1 heterocycles. The van der Waals surface area contributed by atoms with Gasteiger partial charge in [0.2, 0.25) is 0 Å². The average molecular weight is 425 g/mol. The molecule has 2 N–H and O–H groups in total. The molecule has 9 heteroatoms. The molecule has 3 rings (SSSR count). The number of ether oxygens (including phenoxy) is 1. The van der Waals surface area contributed by atoms with Crippen molar-refractivity contribution in [3.63, 3.8) is 0 Å². The highest BCUT2D eigenvalue weighted by molar-refractivity contribution is 7.92. The van der Waals surface area contributed by atoms with E-state index < -0.39 is 16.0 Å².